The van der Waals surface area contributed by atoms with Gasteiger partial charge >= 0.3 is 0 Å². The molecule has 1 saturated carbocycles. The Bertz CT molecular complexity index is 1180. The summed E-state index contributed by atoms with van der Waals surface area (Å²) in [6.07, 6.45) is 12.7. The van der Waals surface area contributed by atoms with Gasteiger partial charge in [0.15, 0.2) is 6.23 Å². The number of aliphatic hydroxyl groups excluding tert-OH is 1. The van der Waals surface area contributed by atoms with Gasteiger partial charge in [-0.3, -0.25) is 10.7 Å². The number of dihydropyridines is 1. The molecule has 9 nitrogen and oxygen atoms in total. The Kier molecular flexibility index (Phi) is 5.76. The van der Waals surface area contributed by atoms with Crippen LogP contribution in [0, 0.1) is 0 Å². The van der Waals surface area contributed by atoms with Crippen molar-refractivity contribution >= 4 is 32.5 Å². The molecule has 0 amide bonds. The molecule has 1 fully saturated rings. The Balaban J connectivity index is 1.41. The molecule has 0 spiro atoms. The summed E-state index contributed by atoms with van der Waals surface area (Å²) in [5.41, 5.74) is 9.47. The molecule has 5 rings (SSSR count). The van der Waals surface area contributed by atoms with Crippen LogP contribution in [0.25, 0.3) is 5.69 Å². The lowest BCUT2D eigenvalue weighted by Crippen LogP contribution is -2.39. The number of allylic oxidation sites excluding steroid dienone is 1. The van der Waals surface area contributed by atoms with E-state index in [1.165, 1.54) is 0 Å². The zero-order chi connectivity index (χ0) is 23.1. The lowest BCUT2D eigenvalue weighted by Gasteiger charge is -2.35. The van der Waals surface area contributed by atoms with Crippen LogP contribution in [0.15, 0.2) is 46.8 Å². The van der Waals surface area contributed by atoms with Gasteiger partial charge in [-0.1, -0.05) is 6.08 Å². The fraction of sp³-hybridized carbons (Fsp3) is 0.391. The largest absolute Gasteiger partial charge is 0.506 e. The minimum Gasteiger partial charge on any atom is -0.506 e. The zero-order valence-corrected chi connectivity index (χ0v) is 19.7. The number of nitrogens with zero attached hydrogens (tertiary/aromatic N) is 6. The highest BCUT2D eigenvalue weighted by Gasteiger charge is 2.31. The summed E-state index contributed by atoms with van der Waals surface area (Å²) < 4.78 is 3.85. The molecule has 1 aromatic carbocycles. The van der Waals surface area contributed by atoms with Crippen LogP contribution in [0.2, 0.25) is 0 Å². The lowest BCUT2D eigenvalue weighted by molar-refractivity contribution is -0.391. The van der Waals surface area contributed by atoms with Gasteiger partial charge in [0.05, 0.1) is 35.8 Å². The second-order valence-electron chi connectivity index (χ2n) is 8.84. The van der Waals surface area contributed by atoms with Crippen molar-refractivity contribution in [1.82, 2.24) is 14.5 Å². The number of phenolic OH excluding ortho intramolecular Hbond substituents is 1. The van der Waals surface area contributed by atoms with Gasteiger partial charge < -0.3 is 19.7 Å². The first-order valence-corrected chi connectivity index (χ1v) is 12.1. The van der Waals surface area contributed by atoms with Gasteiger partial charge in [0.25, 0.3) is 0 Å². The Morgan fingerprint density at radius 2 is 2.12 bits per heavy atom. The number of hydrogen-bond donors (Lipinski definition) is 3. The van der Waals surface area contributed by atoms with Gasteiger partial charge in [-0.15, -0.1) is 0 Å². The van der Waals surface area contributed by atoms with E-state index < -0.39 is 6.23 Å². The van der Waals surface area contributed by atoms with Crippen molar-refractivity contribution in [2.24, 2.45) is 15.7 Å². The summed E-state index contributed by atoms with van der Waals surface area (Å²) in [7, 11) is 0.311. The van der Waals surface area contributed by atoms with Crippen molar-refractivity contribution < 1.29 is 14.6 Å². The van der Waals surface area contributed by atoms with Crippen LogP contribution in [0.1, 0.15) is 56.5 Å². The van der Waals surface area contributed by atoms with Crippen molar-refractivity contribution in [3.05, 3.63) is 48.1 Å². The Morgan fingerprint density at radius 1 is 1.30 bits per heavy atom. The molecule has 3 aliphatic rings. The maximum atomic E-state index is 11.2. The molecule has 172 valence electrons. The van der Waals surface area contributed by atoms with Gasteiger partial charge in [-0.05, 0) is 38.8 Å². The average Bonchev–Trinajstić information content (AvgIpc) is 3.54. The molecule has 10 heteroatoms. The van der Waals surface area contributed by atoms with E-state index in [4.69, 9.17) is 10.7 Å². The number of imidazole rings is 1. The molecule has 4 N–H and O–H groups in total. The summed E-state index contributed by atoms with van der Waals surface area (Å²) in [6.45, 7) is 4.17. The number of benzene rings is 1. The summed E-state index contributed by atoms with van der Waals surface area (Å²) in [5.74, 6) is 0.618. The topological polar surface area (TPSA) is 115 Å². The van der Waals surface area contributed by atoms with Crippen LogP contribution in [-0.4, -0.2) is 59.3 Å². The number of rotatable bonds is 6. The fourth-order valence-electron chi connectivity index (χ4n) is 4.04. The van der Waals surface area contributed by atoms with Crippen molar-refractivity contribution in [1.29, 1.82) is 0 Å². The van der Waals surface area contributed by atoms with Crippen LogP contribution >= 0.6 is 8.73 Å². The van der Waals surface area contributed by atoms with E-state index in [0.29, 0.717) is 38.0 Å². The van der Waals surface area contributed by atoms with Gasteiger partial charge in [-0.25, -0.2) is 14.3 Å². The third-order valence-electron chi connectivity index (χ3n) is 6.11. The molecular formula is C23H29N7O2P+. The Morgan fingerprint density at radius 3 is 2.85 bits per heavy atom. The van der Waals surface area contributed by atoms with Gasteiger partial charge in [0.2, 0.25) is 6.34 Å². The fourth-order valence-corrected chi connectivity index (χ4v) is 5.04. The molecule has 0 bridgehead atoms. The van der Waals surface area contributed by atoms with E-state index in [2.05, 4.69) is 29.9 Å². The molecular weight excluding hydrogens is 437 g/mol. The predicted molar refractivity (Wildman–Crippen MR) is 131 cm³/mol. The number of aromatic hydroxyl groups is 1. The molecule has 3 atom stereocenters. The number of aliphatic hydroxyl groups is 1. The third kappa shape index (κ3) is 4.30. The smallest absolute Gasteiger partial charge is 0.232 e. The minimum atomic E-state index is -0.935. The number of phenols is 1. The van der Waals surface area contributed by atoms with E-state index >= 15 is 0 Å². The van der Waals surface area contributed by atoms with Gasteiger partial charge in [0.1, 0.15) is 26.1 Å². The highest BCUT2D eigenvalue weighted by molar-refractivity contribution is 7.53. The van der Waals surface area contributed by atoms with Crippen LogP contribution in [0.3, 0.4) is 0 Å². The monoisotopic (exact) mass is 466 g/mol. The quantitative estimate of drug-likeness (QED) is 0.344. The van der Waals surface area contributed by atoms with Crippen molar-refractivity contribution in [3.8, 4) is 11.4 Å². The molecule has 0 radical (unpaired) electrons. The third-order valence-corrected chi connectivity index (χ3v) is 7.55. The zero-order valence-electron chi connectivity index (χ0n) is 18.7. The summed E-state index contributed by atoms with van der Waals surface area (Å²) in [5, 5.41) is 21.8. The number of nitrogens with two attached hydrogens (primary N) is 1. The second-order valence-corrected chi connectivity index (χ2v) is 10.1. The molecule has 3 heterocycles. The standard InChI is InChI=1S/C23H28N7O2P/c1-14(2)30(11-24)33-22-5-3-4-21(27-22)29-13-26-17-9-20(31)19(8-16(17)23(29)32)28-10-18(25-12-28)15-6-7-15/h3,5,8-15,21,23-24,31-33H,4,6-7H2,1-2H3/p+1. The average molecular weight is 467 g/mol. The lowest BCUT2D eigenvalue weighted by atomic mass is 10.1. The normalized spacial score (nSPS) is 23.0. The SMILES string of the molecule is CC(C)[N+](=CN)PC1=NC(N2C=Nc3cc(O)c(-n4cnc(C5CC5)c4)cc3C2O)CC=C1. The number of fused-ring (bicyclic) bond motifs is 1. The highest BCUT2D eigenvalue weighted by atomic mass is 31.1. The van der Waals surface area contributed by atoms with Gasteiger partial charge in [-0.2, -0.15) is 0 Å². The van der Waals surface area contributed by atoms with Crippen molar-refractivity contribution in [2.45, 2.75) is 57.5 Å². The van der Waals surface area contributed by atoms with E-state index in [0.717, 1.165) is 24.0 Å². The summed E-state index contributed by atoms with van der Waals surface area (Å²) >= 11 is 0. The van der Waals surface area contributed by atoms with E-state index in [1.54, 1.807) is 36.0 Å². The number of aromatic nitrogens is 2. The highest BCUT2D eigenvalue weighted by Crippen LogP contribution is 2.41. The first-order valence-electron chi connectivity index (χ1n) is 11.2. The van der Waals surface area contributed by atoms with Crippen LogP contribution in [0.4, 0.5) is 5.69 Å². The minimum absolute atomic E-state index is 0.0974. The Hall–Kier alpha value is -3.03. The van der Waals surface area contributed by atoms with E-state index in [-0.39, 0.29) is 18.0 Å². The number of aliphatic imine (C=N–C) groups is 2. The molecule has 1 aliphatic carbocycles. The molecule has 0 saturated heterocycles. The first kappa shape index (κ1) is 21.8. The summed E-state index contributed by atoms with van der Waals surface area (Å²) in [4.78, 5) is 15.6. The molecule has 2 aromatic rings. The number of hydrogen-bond acceptors (Lipinski definition) is 6. The van der Waals surface area contributed by atoms with Crippen molar-refractivity contribution in [3.63, 3.8) is 0 Å². The predicted octanol–water partition coefficient (Wildman–Crippen LogP) is 3.11. The molecule has 1 aromatic heterocycles. The summed E-state index contributed by atoms with van der Waals surface area (Å²) in [6, 6.07) is 3.65. The molecule has 3 unspecified atom stereocenters. The van der Waals surface area contributed by atoms with Crippen LogP contribution in [-0.2, 0) is 0 Å². The molecule has 33 heavy (non-hydrogen) atoms. The first-order chi connectivity index (χ1) is 15.9. The second kappa shape index (κ2) is 8.72. The molecule has 2 aliphatic heterocycles. The van der Waals surface area contributed by atoms with E-state index in [1.807, 2.05) is 21.2 Å². The maximum absolute atomic E-state index is 11.2. The van der Waals surface area contributed by atoms with Crippen molar-refractivity contribution in [2.75, 3.05) is 0 Å². The Labute approximate surface area is 194 Å². The maximum Gasteiger partial charge on any atom is 0.232 e. The van der Waals surface area contributed by atoms with Gasteiger partial charge in [0, 0.05) is 30.2 Å². The van der Waals surface area contributed by atoms with Crippen LogP contribution < -0.4 is 5.73 Å². The van der Waals surface area contributed by atoms with E-state index in [9.17, 15) is 10.2 Å². The van der Waals surface area contributed by atoms with Crippen LogP contribution in [0.5, 0.6) is 5.75 Å².